The summed E-state index contributed by atoms with van der Waals surface area (Å²) < 4.78 is 0. The van der Waals surface area contributed by atoms with Gasteiger partial charge < -0.3 is 10.2 Å². The molecule has 2 amide bonds. The first-order valence-electron chi connectivity index (χ1n) is 7.59. The zero-order valence-electron chi connectivity index (χ0n) is 14.0. The van der Waals surface area contributed by atoms with E-state index in [0.717, 1.165) is 11.3 Å². The van der Waals surface area contributed by atoms with E-state index < -0.39 is 5.91 Å². The van der Waals surface area contributed by atoms with Crippen LogP contribution in [0, 0.1) is 0 Å². The smallest absolute Gasteiger partial charge is 0.259 e. The molecule has 2 aromatic carbocycles. The fourth-order valence-corrected chi connectivity index (χ4v) is 2.07. The van der Waals surface area contributed by atoms with E-state index in [1.54, 1.807) is 30.5 Å². The molecule has 6 nitrogen and oxygen atoms in total. The summed E-state index contributed by atoms with van der Waals surface area (Å²) in [5.41, 5.74) is 4.73. The van der Waals surface area contributed by atoms with Crippen LogP contribution in [0.2, 0.25) is 5.02 Å². The number of benzene rings is 2. The fraction of sp³-hybridized carbons (Fsp3) is 0.167. The minimum absolute atomic E-state index is 0.168. The largest absolute Gasteiger partial charge is 0.378 e. The van der Waals surface area contributed by atoms with E-state index in [0.29, 0.717) is 10.6 Å². The minimum Gasteiger partial charge on any atom is -0.378 e. The summed E-state index contributed by atoms with van der Waals surface area (Å²) in [4.78, 5) is 25.6. The highest BCUT2D eigenvalue weighted by atomic mass is 35.5. The van der Waals surface area contributed by atoms with Gasteiger partial charge in [-0.15, -0.1) is 0 Å². The normalized spacial score (nSPS) is 10.5. The van der Waals surface area contributed by atoms with Gasteiger partial charge in [0, 0.05) is 30.4 Å². The first-order chi connectivity index (χ1) is 12.0. The molecule has 0 aliphatic heterocycles. The second-order valence-corrected chi connectivity index (χ2v) is 5.91. The predicted octanol–water partition coefficient (Wildman–Crippen LogP) is 2.29. The Labute approximate surface area is 151 Å². The Balaban J connectivity index is 1.78. The van der Waals surface area contributed by atoms with Crippen LogP contribution < -0.4 is 15.6 Å². The van der Waals surface area contributed by atoms with Crippen LogP contribution in [-0.4, -0.2) is 38.7 Å². The Morgan fingerprint density at radius 1 is 1.08 bits per heavy atom. The molecule has 0 bridgehead atoms. The molecule has 0 fully saturated rings. The number of carbonyl (C=O) groups excluding carboxylic acids is 2. The van der Waals surface area contributed by atoms with Crippen molar-refractivity contribution in [2.75, 3.05) is 25.5 Å². The number of nitrogens with one attached hydrogen (secondary N) is 2. The van der Waals surface area contributed by atoms with Gasteiger partial charge in [0.1, 0.15) is 0 Å². The van der Waals surface area contributed by atoms with Crippen molar-refractivity contribution in [3.05, 3.63) is 64.7 Å². The lowest BCUT2D eigenvalue weighted by atomic mass is 10.2. The van der Waals surface area contributed by atoms with Crippen molar-refractivity contribution in [1.82, 2.24) is 10.7 Å². The van der Waals surface area contributed by atoms with E-state index in [9.17, 15) is 9.59 Å². The monoisotopic (exact) mass is 358 g/mol. The number of hydrazone groups is 1. The standard InChI is InChI=1S/C18H19ClN4O2/c1-23(2)16-9-3-13(4-10-16)11-21-22-17(24)12-20-18(25)14-5-7-15(19)8-6-14/h3-11H,12H2,1-2H3,(H,20,25)(H,22,24)/b21-11-. The maximum atomic E-state index is 11.9. The van der Waals surface area contributed by atoms with E-state index in [1.165, 1.54) is 0 Å². The van der Waals surface area contributed by atoms with Gasteiger partial charge in [0.15, 0.2) is 0 Å². The van der Waals surface area contributed by atoms with Gasteiger partial charge in [-0.05, 0) is 42.0 Å². The average molecular weight is 359 g/mol. The van der Waals surface area contributed by atoms with E-state index in [1.807, 2.05) is 43.3 Å². The second kappa shape index (κ2) is 8.84. The third-order valence-corrected chi connectivity index (χ3v) is 3.58. The van der Waals surface area contributed by atoms with Crippen molar-refractivity contribution in [3.8, 4) is 0 Å². The highest BCUT2D eigenvalue weighted by Gasteiger charge is 2.07. The lowest BCUT2D eigenvalue weighted by Gasteiger charge is -2.11. The fourth-order valence-electron chi connectivity index (χ4n) is 1.94. The summed E-state index contributed by atoms with van der Waals surface area (Å²) in [6, 6.07) is 14.1. The van der Waals surface area contributed by atoms with E-state index in [2.05, 4.69) is 15.8 Å². The Bertz CT molecular complexity index is 756. The molecule has 2 rings (SSSR count). The van der Waals surface area contributed by atoms with Crippen molar-refractivity contribution >= 4 is 35.3 Å². The molecule has 0 aromatic heterocycles. The topological polar surface area (TPSA) is 73.8 Å². The second-order valence-electron chi connectivity index (χ2n) is 5.47. The molecule has 2 aromatic rings. The van der Waals surface area contributed by atoms with Crippen molar-refractivity contribution in [3.63, 3.8) is 0 Å². The Kier molecular flexibility index (Phi) is 6.54. The van der Waals surface area contributed by atoms with Crippen LogP contribution in [0.1, 0.15) is 15.9 Å². The van der Waals surface area contributed by atoms with Crippen LogP contribution >= 0.6 is 11.6 Å². The predicted molar refractivity (Wildman–Crippen MR) is 100 cm³/mol. The minimum atomic E-state index is -0.413. The molecule has 0 saturated heterocycles. The summed E-state index contributed by atoms with van der Waals surface area (Å²) in [5.74, 6) is -0.765. The molecule has 0 radical (unpaired) electrons. The lowest BCUT2D eigenvalue weighted by molar-refractivity contribution is -0.120. The molecule has 0 heterocycles. The van der Waals surface area contributed by atoms with Crippen LogP contribution in [0.3, 0.4) is 0 Å². The quantitative estimate of drug-likeness (QED) is 0.614. The molecule has 130 valence electrons. The highest BCUT2D eigenvalue weighted by molar-refractivity contribution is 6.30. The average Bonchev–Trinajstić information content (AvgIpc) is 2.60. The lowest BCUT2D eigenvalue weighted by Crippen LogP contribution is -2.34. The van der Waals surface area contributed by atoms with Crippen molar-refractivity contribution in [2.24, 2.45) is 5.10 Å². The maximum Gasteiger partial charge on any atom is 0.259 e. The van der Waals surface area contributed by atoms with Gasteiger partial charge in [-0.2, -0.15) is 5.10 Å². The van der Waals surface area contributed by atoms with Gasteiger partial charge in [0.25, 0.3) is 11.8 Å². The summed E-state index contributed by atoms with van der Waals surface area (Å²) in [6.45, 7) is -0.168. The summed E-state index contributed by atoms with van der Waals surface area (Å²) in [6.07, 6.45) is 1.54. The molecular formula is C18H19ClN4O2. The van der Waals surface area contributed by atoms with Crippen molar-refractivity contribution in [2.45, 2.75) is 0 Å². The van der Waals surface area contributed by atoms with Gasteiger partial charge in [0.2, 0.25) is 0 Å². The Hall–Kier alpha value is -2.86. The van der Waals surface area contributed by atoms with Crippen LogP contribution in [0.5, 0.6) is 0 Å². The molecule has 0 aliphatic carbocycles. The van der Waals surface area contributed by atoms with Gasteiger partial charge in [-0.1, -0.05) is 23.7 Å². The Morgan fingerprint density at radius 3 is 2.32 bits per heavy atom. The van der Waals surface area contributed by atoms with Crippen molar-refractivity contribution < 1.29 is 9.59 Å². The van der Waals surface area contributed by atoms with E-state index >= 15 is 0 Å². The van der Waals surface area contributed by atoms with E-state index in [4.69, 9.17) is 11.6 Å². The zero-order chi connectivity index (χ0) is 18.2. The van der Waals surface area contributed by atoms with Gasteiger partial charge >= 0.3 is 0 Å². The number of hydrogen-bond acceptors (Lipinski definition) is 4. The molecule has 7 heteroatoms. The first kappa shape index (κ1) is 18.5. The number of nitrogens with zero attached hydrogens (tertiary/aromatic N) is 2. The molecule has 0 saturated carbocycles. The van der Waals surface area contributed by atoms with Crippen LogP contribution in [0.25, 0.3) is 0 Å². The molecular weight excluding hydrogens is 340 g/mol. The molecule has 0 atom stereocenters. The maximum absolute atomic E-state index is 11.9. The molecule has 0 spiro atoms. The molecule has 0 unspecified atom stereocenters. The van der Waals surface area contributed by atoms with Gasteiger partial charge in [-0.3, -0.25) is 9.59 Å². The van der Waals surface area contributed by atoms with Crippen LogP contribution in [0.15, 0.2) is 53.6 Å². The summed E-state index contributed by atoms with van der Waals surface area (Å²) in [5, 5.41) is 6.93. The summed E-state index contributed by atoms with van der Waals surface area (Å²) >= 11 is 5.76. The molecule has 2 N–H and O–H groups in total. The Morgan fingerprint density at radius 2 is 1.72 bits per heavy atom. The third-order valence-electron chi connectivity index (χ3n) is 3.33. The number of carbonyl (C=O) groups is 2. The zero-order valence-corrected chi connectivity index (χ0v) is 14.7. The number of rotatable bonds is 6. The van der Waals surface area contributed by atoms with Crippen LogP contribution in [-0.2, 0) is 4.79 Å². The van der Waals surface area contributed by atoms with E-state index in [-0.39, 0.29) is 12.5 Å². The van der Waals surface area contributed by atoms with Gasteiger partial charge in [0.05, 0.1) is 12.8 Å². The SMILES string of the molecule is CN(C)c1ccc(/C=N\NC(=O)CNC(=O)c2ccc(Cl)cc2)cc1. The number of amides is 2. The molecule has 0 aliphatic rings. The molecule has 25 heavy (non-hydrogen) atoms. The van der Waals surface area contributed by atoms with Crippen molar-refractivity contribution in [1.29, 1.82) is 0 Å². The highest BCUT2D eigenvalue weighted by Crippen LogP contribution is 2.11. The van der Waals surface area contributed by atoms with Gasteiger partial charge in [-0.25, -0.2) is 5.43 Å². The number of halogens is 1. The number of hydrogen-bond donors (Lipinski definition) is 2. The first-order valence-corrected chi connectivity index (χ1v) is 7.96. The third kappa shape index (κ3) is 5.93. The van der Waals surface area contributed by atoms with Crippen LogP contribution in [0.4, 0.5) is 5.69 Å². The number of anilines is 1. The summed E-state index contributed by atoms with van der Waals surface area (Å²) in [7, 11) is 3.92.